The van der Waals surface area contributed by atoms with Crippen molar-refractivity contribution in [1.29, 1.82) is 0 Å². The van der Waals surface area contributed by atoms with E-state index in [1.807, 2.05) is 32.6 Å². The fraction of sp³-hybridized carbons (Fsp3) is 0.190. The molecule has 0 amide bonds. The lowest BCUT2D eigenvalue weighted by Gasteiger charge is -2.17. The van der Waals surface area contributed by atoms with Gasteiger partial charge in [-0.2, -0.15) is 5.10 Å². The van der Waals surface area contributed by atoms with Gasteiger partial charge in [-0.3, -0.25) is 9.67 Å². The van der Waals surface area contributed by atoms with E-state index in [1.165, 1.54) is 0 Å². The van der Waals surface area contributed by atoms with Gasteiger partial charge in [0.1, 0.15) is 10.4 Å². The molecule has 0 saturated carbocycles. The summed E-state index contributed by atoms with van der Waals surface area (Å²) in [5.74, 6) is 0.882. The summed E-state index contributed by atoms with van der Waals surface area (Å²) in [5.41, 5.74) is 5.65. The van der Waals surface area contributed by atoms with E-state index in [4.69, 9.17) is 0 Å². The van der Waals surface area contributed by atoms with Gasteiger partial charge in [0.15, 0.2) is 11.3 Å². The van der Waals surface area contributed by atoms with Crippen LogP contribution < -0.4 is 0 Å². The first-order valence-corrected chi connectivity index (χ1v) is 10.0. The van der Waals surface area contributed by atoms with Crippen LogP contribution in [0.3, 0.4) is 0 Å². The van der Waals surface area contributed by atoms with Gasteiger partial charge in [-0.1, -0.05) is 6.07 Å². The fourth-order valence-corrected chi connectivity index (χ4v) is 3.97. The van der Waals surface area contributed by atoms with Gasteiger partial charge in [0.2, 0.25) is 0 Å². The zero-order valence-corrected chi connectivity index (χ0v) is 17.8. The van der Waals surface area contributed by atoms with Gasteiger partial charge < -0.3 is 4.57 Å². The van der Waals surface area contributed by atoms with Gasteiger partial charge in [-0.25, -0.2) is 15.0 Å². The molecular weight excluding hydrogens is 430 g/mol. The molecule has 5 rings (SSSR count). The van der Waals surface area contributed by atoms with Crippen LogP contribution in [0.25, 0.3) is 33.3 Å². The monoisotopic (exact) mass is 447 g/mol. The summed E-state index contributed by atoms with van der Waals surface area (Å²) in [4.78, 5) is 18.2. The molecule has 0 bridgehead atoms. The second-order valence-electron chi connectivity index (χ2n) is 7.12. The van der Waals surface area contributed by atoms with E-state index >= 15 is 0 Å². The second-order valence-corrected chi connectivity index (χ2v) is 7.94. The molecule has 0 fully saturated rings. The van der Waals surface area contributed by atoms with Crippen LogP contribution in [-0.4, -0.2) is 34.3 Å². The number of hydrogen-bond acceptors (Lipinski definition) is 5. The fourth-order valence-electron chi connectivity index (χ4n) is 3.70. The molecule has 144 valence electrons. The Balaban J connectivity index is 1.61. The van der Waals surface area contributed by atoms with Gasteiger partial charge in [0.25, 0.3) is 0 Å². The number of hydrogen-bond donors (Lipinski definition) is 0. The average Bonchev–Trinajstić information content (AvgIpc) is 3.29. The Hall–Kier alpha value is -3.13. The highest BCUT2D eigenvalue weighted by Gasteiger charge is 2.18. The van der Waals surface area contributed by atoms with Crippen molar-refractivity contribution in [2.75, 3.05) is 0 Å². The van der Waals surface area contributed by atoms with E-state index in [1.54, 1.807) is 10.9 Å². The number of nitrogens with zero attached hydrogens (tertiary/aromatic N) is 7. The molecule has 0 unspecified atom stereocenters. The van der Waals surface area contributed by atoms with Crippen LogP contribution in [0.1, 0.15) is 24.4 Å². The van der Waals surface area contributed by atoms with Gasteiger partial charge in [0, 0.05) is 36.0 Å². The predicted molar refractivity (Wildman–Crippen MR) is 116 cm³/mol. The molecule has 0 N–H and O–H groups in total. The Morgan fingerprint density at radius 3 is 2.66 bits per heavy atom. The zero-order chi connectivity index (χ0) is 20.1. The van der Waals surface area contributed by atoms with E-state index in [0.717, 1.165) is 39.1 Å². The lowest BCUT2D eigenvalue weighted by molar-refractivity contribution is 0.632. The van der Waals surface area contributed by atoms with Crippen molar-refractivity contribution in [2.24, 2.45) is 7.05 Å². The first-order valence-electron chi connectivity index (χ1n) is 9.25. The van der Waals surface area contributed by atoms with E-state index in [-0.39, 0.29) is 6.04 Å². The maximum atomic E-state index is 4.62. The van der Waals surface area contributed by atoms with E-state index < -0.39 is 0 Å². The third-order valence-electron chi connectivity index (χ3n) is 5.16. The molecule has 1 aromatic carbocycles. The van der Waals surface area contributed by atoms with E-state index in [9.17, 15) is 0 Å². The van der Waals surface area contributed by atoms with Crippen molar-refractivity contribution in [3.8, 4) is 11.1 Å². The highest BCUT2D eigenvalue weighted by Crippen LogP contribution is 2.28. The summed E-state index contributed by atoms with van der Waals surface area (Å²) in [6, 6.07) is 8.56. The molecule has 4 aromatic heterocycles. The van der Waals surface area contributed by atoms with Crippen LogP contribution in [0.2, 0.25) is 0 Å². The second kappa shape index (κ2) is 6.73. The number of halogens is 1. The van der Waals surface area contributed by atoms with Gasteiger partial charge in [-0.05, 0) is 53.5 Å². The van der Waals surface area contributed by atoms with Crippen LogP contribution in [0.15, 0.2) is 53.7 Å². The number of fused-ring (bicyclic) bond motifs is 2. The van der Waals surface area contributed by atoms with Crippen molar-refractivity contribution >= 4 is 38.1 Å². The predicted octanol–water partition coefficient (Wildman–Crippen LogP) is 4.46. The molecule has 4 heterocycles. The number of benzene rings is 1. The van der Waals surface area contributed by atoms with E-state index in [0.29, 0.717) is 10.3 Å². The molecule has 0 radical (unpaired) electrons. The minimum Gasteiger partial charge on any atom is -0.304 e. The normalized spacial score (nSPS) is 12.7. The van der Waals surface area contributed by atoms with Crippen LogP contribution in [0.5, 0.6) is 0 Å². The molecular formula is C21H18BrN7. The van der Waals surface area contributed by atoms with Crippen LogP contribution in [-0.2, 0) is 7.05 Å². The van der Waals surface area contributed by atoms with Crippen molar-refractivity contribution in [3.63, 3.8) is 0 Å². The summed E-state index contributed by atoms with van der Waals surface area (Å²) in [7, 11) is 1.91. The van der Waals surface area contributed by atoms with Gasteiger partial charge >= 0.3 is 0 Å². The Kier molecular flexibility index (Phi) is 4.16. The van der Waals surface area contributed by atoms with Crippen LogP contribution >= 0.6 is 15.9 Å². The van der Waals surface area contributed by atoms with Crippen molar-refractivity contribution in [1.82, 2.24) is 34.3 Å². The van der Waals surface area contributed by atoms with Crippen LogP contribution in [0, 0.1) is 6.92 Å². The number of pyridine rings is 1. The molecule has 5 aromatic rings. The standard InChI is InChI=1S/C21H18BrN7/c1-12(29-13(2)26-20-21(29)27-19(22)10-24-20)14-4-5-18-15(6-14)7-16(8-23-18)17-9-25-28(3)11-17/h4-12H,1-3H3/t12-/m1/s1. The Bertz CT molecular complexity index is 1370. The third kappa shape index (κ3) is 3.09. The molecule has 8 heteroatoms. The summed E-state index contributed by atoms with van der Waals surface area (Å²) >= 11 is 3.42. The molecule has 0 aliphatic carbocycles. The van der Waals surface area contributed by atoms with Crippen molar-refractivity contribution in [3.05, 3.63) is 65.0 Å². The average molecular weight is 448 g/mol. The Labute approximate surface area is 175 Å². The van der Waals surface area contributed by atoms with Crippen molar-refractivity contribution < 1.29 is 0 Å². The first kappa shape index (κ1) is 17.9. The summed E-state index contributed by atoms with van der Waals surface area (Å²) in [6.07, 6.45) is 7.41. The molecule has 0 aliphatic heterocycles. The Morgan fingerprint density at radius 2 is 1.86 bits per heavy atom. The minimum absolute atomic E-state index is 0.0510. The maximum Gasteiger partial charge on any atom is 0.197 e. The molecule has 1 atom stereocenters. The first-order chi connectivity index (χ1) is 14.0. The summed E-state index contributed by atoms with van der Waals surface area (Å²) in [6.45, 7) is 4.13. The van der Waals surface area contributed by atoms with Crippen molar-refractivity contribution in [2.45, 2.75) is 19.9 Å². The summed E-state index contributed by atoms with van der Waals surface area (Å²) in [5, 5.41) is 5.35. The summed E-state index contributed by atoms with van der Waals surface area (Å²) < 4.78 is 4.61. The molecule has 0 saturated heterocycles. The van der Waals surface area contributed by atoms with E-state index in [2.05, 4.69) is 76.7 Å². The largest absolute Gasteiger partial charge is 0.304 e. The van der Waals surface area contributed by atoms with Gasteiger partial charge in [0.05, 0.1) is 24.0 Å². The van der Waals surface area contributed by atoms with Crippen LogP contribution in [0.4, 0.5) is 0 Å². The Morgan fingerprint density at radius 1 is 1.00 bits per heavy atom. The number of aryl methyl sites for hydroxylation is 2. The van der Waals surface area contributed by atoms with Gasteiger partial charge in [-0.15, -0.1) is 0 Å². The highest BCUT2D eigenvalue weighted by molar-refractivity contribution is 9.10. The minimum atomic E-state index is 0.0510. The maximum absolute atomic E-state index is 4.62. The molecule has 29 heavy (non-hydrogen) atoms. The number of rotatable bonds is 3. The molecule has 0 aliphatic rings. The topological polar surface area (TPSA) is 74.3 Å². The smallest absolute Gasteiger partial charge is 0.197 e. The SMILES string of the molecule is Cc1nc2ncc(Br)nc2n1[C@H](C)c1ccc2ncc(-c3cnn(C)c3)cc2c1. The number of imidazole rings is 1. The third-order valence-corrected chi connectivity index (χ3v) is 5.55. The lowest BCUT2D eigenvalue weighted by atomic mass is 10.0. The molecule has 7 nitrogen and oxygen atoms in total. The quantitative estimate of drug-likeness (QED) is 0.408. The zero-order valence-electron chi connectivity index (χ0n) is 16.2. The highest BCUT2D eigenvalue weighted by atomic mass is 79.9. The number of aromatic nitrogens is 7. The lowest BCUT2D eigenvalue weighted by Crippen LogP contribution is -2.09. The molecule has 0 spiro atoms.